The number of urea groups is 1. The van der Waals surface area contributed by atoms with E-state index in [1.165, 1.54) is 46.6 Å². The third-order valence-corrected chi connectivity index (χ3v) is 10.4. The molecule has 3 aromatic carbocycles. The SMILES string of the molecule is Cc1ccc(S(=O)(=O)N(C)C[C@@H]2OCCCC[C@H](C)Oc3ccc(NC(=O)Nc4ccc(F)cc4)cc3C(=O)N([C@H](C)CO)C[C@@H]2C)cc1. The summed E-state index contributed by atoms with van der Waals surface area (Å²) >= 11 is 0. The number of aliphatic hydroxyl groups is 1. The molecule has 3 amide bonds. The summed E-state index contributed by atoms with van der Waals surface area (Å²) < 4.78 is 54.1. The van der Waals surface area contributed by atoms with Gasteiger partial charge in [-0.25, -0.2) is 17.6 Å². The van der Waals surface area contributed by atoms with Crippen molar-refractivity contribution in [2.75, 3.05) is 44.0 Å². The van der Waals surface area contributed by atoms with Crippen LogP contribution < -0.4 is 15.4 Å². The molecule has 0 saturated heterocycles. The average Bonchev–Trinajstić information content (AvgIpc) is 3.07. The van der Waals surface area contributed by atoms with Gasteiger partial charge >= 0.3 is 6.03 Å². The largest absolute Gasteiger partial charge is 0.490 e. The highest BCUT2D eigenvalue weighted by molar-refractivity contribution is 7.89. The molecule has 0 aromatic heterocycles. The molecule has 11 nitrogen and oxygen atoms in total. The molecule has 0 bridgehead atoms. The number of carbonyl (C=O) groups excluding carboxylic acids is 2. The Bertz CT molecular complexity index is 1670. The minimum Gasteiger partial charge on any atom is -0.490 e. The number of fused-ring (bicyclic) bond motifs is 1. The van der Waals surface area contributed by atoms with E-state index in [2.05, 4.69) is 10.6 Å². The van der Waals surface area contributed by atoms with Crippen molar-refractivity contribution in [3.63, 3.8) is 0 Å². The number of benzene rings is 3. The van der Waals surface area contributed by atoms with Gasteiger partial charge in [0.2, 0.25) is 10.0 Å². The Hall–Kier alpha value is -4.04. The fourth-order valence-corrected chi connectivity index (χ4v) is 6.71. The van der Waals surface area contributed by atoms with Gasteiger partial charge in [0.05, 0.1) is 35.3 Å². The lowest BCUT2D eigenvalue weighted by molar-refractivity contribution is -0.00833. The molecule has 0 saturated carbocycles. The lowest BCUT2D eigenvalue weighted by atomic mass is 10.0. The number of sulfonamides is 1. The molecule has 266 valence electrons. The van der Waals surface area contributed by atoms with Crippen LogP contribution in [0.2, 0.25) is 0 Å². The maximum absolute atomic E-state index is 14.3. The third kappa shape index (κ3) is 10.2. The zero-order valence-corrected chi connectivity index (χ0v) is 29.5. The number of aliphatic hydroxyl groups excluding tert-OH is 1. The minimum absolute atomic E-state index is 0.0558. The second kappa shape index (κ2) is 17.1. The van der Waals surface area contributed by atoms with E-state index in [0.717, 1.165) is 18.4 Å². The summed E-state index contributed by atoms with van der Waals surface area (Å²) in [6.07, 6.45) is 1.36. The molecule has 1 aliphatic rings. The Labute approximate surface area is 288 Å². The van der Waals surface area contributed by atoms with Crippen molar-refractivity contribution in [2.24, 2.45) is 5.92 Å². The van der Waals surface area contributed by atoms with Crippen LogP contribution in [0.3, 0.4) is 0 Å². The Balaban J connectivity index is 1.62. The monoisotopic (exact) mass is 698 g/mol. The van der Waals surface area contributed by atoms with Crippen LogP contribution in [-0.4, -0.2) is 86.3 Å². The predicted octanol–water partition coefficient (Wildman–Crippen LogP) is 5.89. The molecule has 0 aliphatic carbocycles. The predicted molar refractivity (Wildman–Crippen MR) is 187 cm³/mol. The second-order valence-electron chi connectivity index (χ2n) is 12.7. The van der Waals surface area contributed by atoms with Crippen LogP contribution in [0.15, 0.2) is 71.6 Å². The van der Waals surface area contributed by atoms with E-state index in [1.54, 1.807) is 43.3 Å². The van der Waals surface area contributed by atoms with Gasteiger partial charge < -0.3 is 30.1 Å². The highest BCUT2D eigenvalue weighted by Gasteiger charge is 2.32. The molecule has 3 aromatic rings. The number of rotatable bonds is 8. The van der Waals surface area contributed by atoms with Crippen molar-refractivity contribution in [1.29, 1.82) is 0 Å². The van der Waals surface area contributed by atoms with Crippen LogP contribution in [0.5, 0.6) is 5.75 Å². The molecule has 0 radical (unpaired) electrons. The average molecular weight is 699 g/mol. The van der Waals surface area contributed by atoms with Crippen molar-refractivity contribution in [1.82, 2.24) is 9.21 Å². The fourth-order valence-electron chi connectivity index (χ4n) is 5.53. The van der Waals surface area contributed by atoms with Gasteiger partial charge in [0.1, 0.15) is 11.6 Å². The van der Waals surface area contributed by atoms with Crippen molar-refractivity contribution >= 4 is 33.3 Å². The molecule has 3 N–H and O–H groups in total. The summed E-state index contributed by atoms with van der Waals surface area (Å²) in [6, 6.07) is 15.6. The Morgan fingerprint density at radius 1 is 1.04 bits per heavy atom. The third-order valence-electron chi connectivity index (χ3n) is 8.58. The number of likely N-dealkylation sites (N-methyl/N-ethyl adjacent to an activating group) is 1. The summed E-state index contributed by atoms with van der Waals surface area (Å²) in [6.45, 7) is 7.68. The first-order valence-electron chi connectivity index (χ1n) is 16.5. The number of nitrogens with one attached hydrogen (secondary N) is 2. The number of ether oxygens (including phenoxy) is 2. The quantitative estimate of drug-likeness (QED) is 0.267. The Morgan fingerprint density at radius 3 is 2.37 bits per heavy atom. The number of anilines is 2. The van der Waals surface area contributed by atoms with E-state index >= 15 is 0 Å². The summed E-state index contributed by atoms with van der Waals surface area (Å²) in [5.41, 5.74) is 1.84. The Kier molecular flexibility index (Phi) is 13.2. The van der Waals surface area contributed by atoms with Gasteiger partial charge in [0, 0.05) is 44.0 Å². The van der Waals surface area contributed by atoms with E-state index in [1.807, 2.05) is 20.8 Å². The zero-order chi connectivity index (χ0) is 35.7. The highest BCUT2D eigenvalue weighted by Crippen LogP contribution is 2.29. The highest BCUT2D eigenvalue weighted by atomic mass is 32.2. The first kappa shape index (κ1) is 37.8. The summed E-state index contributed by atoms with van der Waals surface area (Å²) in [5.74, 6) is -0.881. The number of hydrogen-bond donors (Lipinski definition) is 3. The minimum atomic E-state index is -3.81. The molecule has 4 rings (SSSR count). The molecule has 0 spiro atoms. The van der Waals surface area contributed by atoms with Gasteiger partial charge in [-0.2, -0.15) is 4.31 Å². The lowest BCUT2D eigenvalue weighted by Crippen LogP contribution is -2.48. The molecule has 1 aliphatic heterocycles. The maximum atomic E-state index is 14.3. The molecule has 49 heavy (non-hydrogen) atoms. The van der Waals surface area contributed by atoms with Crippen molar-refractivity contribution in [3.8, 4) is 5.75 Å². The number of nitrogens with zero attached hydrogens (tertiary/aromatic N) is 2. The lowest BCUT2D eigenvalue weighted by Gasteiger charge is -2.35. The molecule has 1 heterocycles. The van der Waals surface area contributed by atoms with Crippen molar-refractivity contribution < 1.29 is 37.0 Å². The molecule has 0 fully saturated rings. The molecule has 13 heteroatoms. The Morgan fingerprint density at radius 2 is 1.69 bits per heavy atom. The fraction of sp³-hybridized carbons (Fsp3) is 0.444. The van der Waals surface area contributed by atoms with E-state index in [9.17, 15) is 27.5 Å². The molecular weight excluding hydrogens is 651 g/mol. The van der Waals surface area contributed by atoms with Gasteiger partial charge in [0.25, 0.3) is 5.91 Å². The standard InChI is InChI=1S/C36H47FN4O7S/c1-24-9-16-31(17-10-24)49(45,46)40(5)22-34-25(2)21-41(26(3)23-42)35(43)32-20-30(39-36(44)38-29-13-11-28(37)12-14-29)15-18-33(32)48-27(4)8-6-7-19-47-34/h9-18,20,25-27,34,42H,6-8,19,21-23H2,1-5H3,(H2,38,39,44)/t25-,26+,27-,34-/m0/s1. The van der Waals surface area contributed by atoms with Crippen LogP contribution in [-0.2, 0) is 14.8 Å². The van der Waals surface area contributed by atoms with E-state index in [-0.39, 0.29) is 42.2 Å². The zero-order valence-electron chi connectivity index (χ0n) is 28.7. The summed E-state index contributed by atoms with van der Waals surface area (Å²) in [4.78, 5) is 28.8. The van der Waals surface area contributed by atoms with Gasteiger partial charge in [0.15, 0.2) is 0 Å². The molecule has 0 unspecified atom stereocenters. The topological polar surface area (TPSA) is 138 Å². The first-order chi connectivity index (χ1) is 23.3. The smallest absolute Gasteiger partial charge is 0.323 e. The van der Waals surface area contributed by atoms with E-state index < -0.39 is 39.9 Å². The van der Waals surface area contributed by atoms with Crippen LogP contribution in [0, 0.1) is 18.7 Å². The van der Waals surface area contributed by atoms with Crippen LogP contribution in [0.1, 0.15) is 56.0 Å². The number of amides is 3. The first-order valence-corrected chi connectivity index (χ1v) is 17.9. The van der Waals surface area contributed by atoms with E-state index in [4.69, 9.17) is 9.47 Å². The van der Waals surface area contributed by atoms with Crippen molar-refractivity contribution in [3.05, 3.63) is 83.7 Å². The molecule has 4 atom stereocenters. The van der Waals surface area contributed by atoms with Crippen LogP contribution >= 0.6 is 0 Å². The van der Waals surface area contributed by atoms with Crippen molar-refractivity contribution in [2.45, 2.75) is 70.1 Å². The van der Waals surface area contributed by atoms with E-state index in [0.29, 0.717) is 30.2 Å². The number of carbonyl (C=O) groups is 2. The summed E-state index contributed by atoms with van der Waals surface area (Å²) in [5, 5.41) is 15.6. The van der Waals surface area contributed by atoms with Gasteiger partial charge in [-0.05, 0) is 94.6 Å². The van der Waals surface area contributed by atoms with Gasteiger partial charge in [-0.1, -0.05) is 24.6 Å². The second-order valence-corrected chi connectivity index (χ2v) is 14.7. The van der Waals surface area contributed by atoms with Crippen LogP contribution in [0.25, 0.3) is 0 Å². The maximum Gasteiger partial charge on any atom is 0.323 e. The van der Waals surface area contributed by atoms with Gasteiger partial charge in [-0.15, -0.1) is 0 Å². The summed E-state index contributed by atoms with van der Waals surface area (Å²) in [7, 11) is -2.29. The number of aryl methyl sites for hydroxylation is 1. The number of hydrogen-bond acceptors (Lipinski definition) is 7. The van der Waals surface area contributed by atoms with Gasteiger partial charge in [-0.3, -0.25) is 4.79 Å². The van der Waals surface area contributed by atoms with Crippen LogP contribution in [0.4, 0.5) is 20.6 Å². The normalized spacial score (nSPS) is 20.1. The molecular formula is C36H47FN4O7S. The number of halogens is 1.